The molecule has 5 heteroatoms. The molecule has 0 atom stereocenters. The summed E-state index contributed by atoms with van der Waals surface area (Å²) in [7, 11) is 6.27. The first-order valence-electron chi connectivity index (χ1n) is 12.3. The topological polar surface area (TPSA) is 38.8 Å². The molecule has 0 aromatic heterocycles. The lowest BCUT2D eigenvalue weighted by Crippen LogP contribution is -2.44. The summed E-state index contributed by atoms with van der Waals surface area (Å²) in [5, 5.41) is 3.40. The molecule has 5 nitrogen and oxygen atoms in total. The van der Waals surface area contributed by atoms with Gasteiger partial charge in [-0.25, -0.2) is 0 Å². The smallest absolute Gasteiger partial charge is 0.185 e. The Bertz CT molecular complexity index is 1150. The third-order valence-corrected chi connectivity index (χ3v) is 6.44. The number of nitrogens with zero attached hydrogens (tertiary/aromatic N) is 3. The number of rotatable bonds is 9. The fourth-order valence-electron chi connectivity index (χ4n) is 4.30. The van der Waals surface area contributed by atoms with Gasteiger partial charge in [0.05, 0.1) is 0 Å². The number of likely N-dealkylation sites (N-methyl/N-ethyl adjacent to an activating group) is 2. The lowest BCUT2D eigenvalue weighted by atomic mass is 9.97. The van der Waals surface area contributed by atoms with Crippen molar-refractivity contribution in [3.05, 3.63) is 90.0 Å². The highest BCUT2D eigenvalue weighted by Crippen LogP contribution is 2.29. The maximum absolute atomic E-state index is 13.1. The predicted molar refractivity (Wildman–Crippen MR) is 148 cm³/mol. The third-order valence-electron chi connectivity index (χ3n) is 6.44. The molecule has 0 radical (unpaired) electrons. The summed E-state index contributed by atoms with van der Waals surface area (Å²) in [5.41, 5.74) is 6.20. The zero-order valence-corrected chi connectivity index (χ0v) is 21.1. The molecule has 1 aliphatic heterocycles. The van der Waals surface area contributed by atoms with Gasteiger partial charge in [0.2, 0.25) is 0 Å². The monoisotopic (exact) mass is 468 g/mol. The van der Waals surface area contributed by atoms with Crippen LogP contribution in [0.15, 0.2) is 78.9 Å². The fourth-order valence-corrected chi connectivity index (χ4v) is 4.30. The number of carbonyl (C=O) groups excluding carboxylic acids is 1. The second-order valence-corrected chi connectivity index (χ2v) is 9.44. The molecule has 0 amide bonds. The van der Waals surface area contributed by atoms with Crippen LogP contribution in [0.25, 0.3) is 17.2 Å². The second-order valence-electron chi connectivity index (χ2n) is 9.44. The Morgan fingerprint density at radius 1 is 0.943 bits per heavy atom. The molecule has 35 heavy (non-hydrogen) atoms. The van der Waals surface area contributed by atoms with Gasteiger partial charge in [-0.3, -0.25) is 4.79 Å². The van der Waals surface area contributed by atoms with Crippen LogP contribution in [0, 0.1) is 0 Å². The number of carbonyl (C=O) groups is 1. The van der Waals surface area contributed by atoms with Gasteiger partial charge in [0.1, 0.15) is 0 Å². The summed E-state index contributed by atoms with van der Waals surface area (Å²) in [6.45, 7) is 5.91. The minimum atomic E-state index is 0.00488. The molecule has 4 rings (SSSR count). The van der Waals surface area contributed by atoms with Crippen LogP contribution < -0.4 is 10.2 Å². The van der Waals surface area contributed by atoms with Crippen LogP contribution in [0.3, 0.4) is 0 Å². The molecule has 1 N–H and O–H groups in total. The van der Waals surface area contributed by atoms with E-state index in [0.29, 0.717) is 5.56 Å². The highest BCUT2D eigenvalue weighted by molar-refractivity contribution is 6.07. The maximum atomic E-state index is 13.1. The van der Waals surface area contributed by atoms with E-state index in [1.807, 2.05) is 36.4 Å². The summed E-state index contributed by atoms with van der Waals surface area (Å²) in [4.78, 5) is 20.0. The molecule has 3 aromatic carbocycles. The van der Waals surface area contributed by atoms with Crippen LogP contribution in [-0.2, 0) is 0 Å². The molecular weight excluding hydrogens is 432 g/mol. The molecule has 1 heterocycles. The highest BCUT2D eigenvalue weighted by atomic mass is 16.1. The van der Waals surface area contributed by atoms with Crippen molar-refractivity contribution in [1.29, 1.82) is 0 Å². The molecule has 0 unspecified atom stereocenters. The van der Waals surface area contributed by atoms with E-state index in [-0.39, 0.29) is 5.78 Å². The number of nitrogens with one attached hydrogen (secondary N) is 1. The number of piperazine rings is 1. The van der Waals surface area contributed by atoms with E-state index >= 15 is 0 Å². The molecule has 1 fully saturated rings. The number of hydrogen-bond donors (Lipinski definition) is 1. The van der Waals surface area contributed by atoms with E-state index in [4.69, 9.17) is 0 Å². The molecule has 0 bridgehead atoms. The van der Waals surface area contributed by atoms with Crippen LogP contribution in [0.2, 0.25) is 0 Å². The Hall–Kier alpha value is -3.41. The van der Waals surface area contributed by atoms with Crippen LogP contribution in [-0.4, -0.2) is 76.0 Å². The average molecular weight is 469 g/mol. The molecule has 0 saturated carbocycles. The quantitative estimate of drug-likeness (QED) is 0.354. The highest BCUT2D eigenvalue weighted by Gasteiger charge is 2.15. The van der Waals surface area contributed by atoms with Crippen molar-refractivity contribution in [3.8, 4) is 11.1 Å². The van der Waals surface area contributed by atoms with Gasteiger partial charge in [0.15, 0.2) is 5.78 Å². The van der Waals surface area contributed by atoms with E-state index in [9.17, 15) is 4.79 Å². The molecule has 0 aliphatic carbocycles. The third kappa shape index (κ3) is 6.81. The summed E-state index contributed by atoms with van der Waals surface area (Å²) >= 11 is 0. The van der Waals surface area contributed by atoms with Gasteiger partial charge in [-0.15, -0.1) is 0 Å². The van der Waals surface area contributed by atoms with Crippen molar-refractivity contribution in [1.82, 2.24) is 9.80 Å². The Morgan fingerprint density at radius 2 is 1.71 bits per heavy atom. The number of anilines is 2. The Balaban J connectivity index is 1.57. The Morgan fingerprint density at radius 3 is 2.46 bits per heavy atom. The zero-order valence-electron chi connectivity index (χ0n) is 21.1. The summed E-state index contributed by atoms with van der Waals surface area (Å²) in [5.74, 6) is 0.00488. The first-order chi connectivity index (χ1) is 17.0. The Kier molecular flexibility index (Phi) is 8.35. The number of ketones is 1. The summed E-state index contributed by atoms with van der Waals surface area (Å²) in [6.07, 6.45) is 3.67. The fraction of sp³-hybridized carbons (Fsp3) is 0.300. The average Bonchev–Trinajstić information content (AvgIpc) is 2.88. The largest absolute Gasteiger partial charge is 0.384 e. The number of allylic oxidation sites excluding steroid dienone is 1. The minimum Gasteiger partial charge on any atom is -0.384 e. The van der Waals surface area contributed by atoms with Crippen molar-refractivity contribution < 1.29 is 4.79 Å². The minimum absolute atomic E-state index is 0.00488. The first-order valence-corrected chi connectivity index (χ1v) is 12.3. The molecule has 0 spiro atoms. The van der Waals surface area contributed by atoms with Crippen molar-refractivity contribution >= 4 is 23.2 Å². The molecule has 182 valence electrons. The van der Waals surface area contributed by atoms with Gasteiger partial charge in [-0.2, -0.15) is 0 Å². The summed E-state index contributed by atoms with van der Waals surface area (Å²) < 4.78 is 0. The number of hydrogen-bond acceptors (Lipinski definition) is 5. The van der Waals surface area contributed by atoms with E-state index in [1.54, 1.807) is 6.08 Å². The maximum Gasteiger partial charge on any atom is 0.185 e. The van der Waals surface area contributed by atoms with Crippen LogP contribution in [0.5, 0.6) is 0 Å². The van der Waals surface area contributed by atoms with Gasteiger partial charge >= 0.3 is 0 Å². The van der Waals surface area contributed by atoms with E-state index in [2.05, 4.69) is 83.6 Å². The molecule has 3 aromatic rings. The van der Waals surface area contributed by atoms with Crippen LogP contribution in [0.4, 0.5) is 11.4 Å². The van der Waals surface area contributed by atoms with Crippen molar-refractivity contribution in [2.75, 3.05) is 70.6 Å². The van der Waals surface area contributed by atoms with Crippen molar-refractivity contribution in [2.45, 2.75) is 0 Å². The van der Waals surface area contributed by atoms with Crippen molar-refractivity contribution in [2.24, 2.45) is 0 Å². The first kappa shape index (κ1) is 24.7. The van der Waals surface area contributed by atoms with Crippen LogP contribution >= 0.6 is 0 Å². The molecular formula is C30H36N4O. The van der Waals surface area contributed by atoms with Gasteiger partial charge in [0, 0.05) is 56.2 Å². The number of benzene rings is 3. The second kappa shape index (κ2) is 11.8. The lowest BCUT2D eigenvalue weighted by Gasteiger charge is -2.34. The normalized spacial score (nSPS) is 14.6. The SMILES string of the molecule is CN(C)CCNc1cccc(C(=O)/C=C/c2cc(N3CCN(C)CC3)ccc2-c2ccccc2)c1. The van der Waals surface area contributed by atoms with E-state index < -0.39 is 0 Å². The standard InChI is InChI=1S/C30H36N4O/c1-32(2)17-16-31-27-11-7-10-26(22-27)30(35)15-12-25-23-28(34-20-18-33(3)19-21-34)13-14-29(25)24-8-5-4-6-9-24/h4-15,22-23,31H,16-21H2,1-3H3/b15-12+. The Labute approximate surface area is 209 Å². The van der Waals surface area contributed by atoms with Gasteiger partial charge in [-0.05, 0) is 68.2 Å². The van der Waals surface area contributed by atoms with E-state index in [0.717, 1.165) is 61.6 Å². The van der Waals surface area contributed by atoms with Crippen LogP contribution in [0.1, 0.15) is 15.9 Å². The van der Waals surface area contributed by atoms with Gasteiger partial charge in [-0.1, -0.05) is 54.6 Å². The van der Waals surface area contributed by atoms with Gasteiger partial charge < -0.3 is 20.0 Å². The predicted octanol–water partition coefficient (Wildman–Crippen LogP) is 4.98. The van der Waals surface area contributed by atoms with Gasteiger partial charge in [0.25, 0.3) is 0 Å². The molecule has 1 aliphatic rings. The zero-order chi connectivity index (χ0) is 24.6. The lowest BCUT2D eigenvalue weighted by molar-refractivity contribution is 0.104. The summed E-state index contributed by atoms with van der Waals surface area (Å²) in [6, 6.07) is 24.7. The van der Waals surface area contributed by atoms with E-state index in [1.165, 1.54) is 5.69 Å². The molecule has 1 saturated heterocycles. The van der Waals surface area contributed by atoms with Crippen molar-refractivity contribution in [3.63, 3.8) is 0 Å².